The lowest BCUT2D eigenvalue weighted by molar-refractivity contribution is 1.19. The second kappa shape index (κ2) is 4.86. The number of benzene rings is 1. The Balaban J connectivity index is 2.32. The van der Waals surface area contributed by atoms with Crippen LogP contribution in [0.15, 0.2) is 36.4 Å². The van der Waals surface area contributed by atoms with E-state index in [-0.39, 0.29) is 0 Å². The smallest absolute Gasteiger partial charge is 0.148 e. The Bertz CT molecular complexity index is 570. The van der Waals surface area contributed by atoms with Crippen LogP contribution in [0.4, 0.5) is 11.5 Å². The van der Waals surface area contributed by atoms with Gasteiger partial charge in [-0.05, 0) is 43.3 Å². The summed E-state index contributed by atoms with van der Waals surface area (Å²) in [6.07, 6.45) is 0. The highest BCUT2D eigenvalue weighted by Gasteiger charge is 2.04. The zero-order valence-corrected chi connectivity index (χ0v) is 9.99. The maximum Gasteiger partial charge on any atom is 0.148 e. The van der Waals surface area contributed by atoms with Crippen molar-refractivity contribution in [1.29, 1.82) is 5.26 Å². The maximum atomic E-state index is 8.98. The highest BCUT2D eigenvalue weighted by atomic mass is 35.5. The number of nitrogens with one attached hydrogen (secondary N) is 1. The van der Waals surface area contributed by atoms with Gasteiger partial charge in [-0.1, -0.05) is 11.6 Å². The number of halogens is 1. The van der Waals surface area contributed by atoms with Gasteiger partial charge in [0.05, 0.1) is 5.56 Å². The molecule has 0 fully saturated rings. The number of aryl methyl sites for hydroxylation is 1. The molecule has 0 saturated carbocycles. The van der Waals surface area contributed by atoms with Gasteiger partial charge in [0.2, 0.25) is 0 Å². The summed E-state index contributed by atoms with van der Waals surface area (Å²) in [5.41, 5.74) is 2.23. The van der Waals surface area contributed by atoms with Crippen molar-refractivity contribution >= 4 is 23.1 Å². The van der Waals surface area contributed by atoms with Crippen LogP contribution in [0.5, 0.6) is 0 Å². The van der Waals surface area contributed by atoms with Crippen LogP contribution in [0.2, 0.25) is 5.02 Å². The average molecular weight is 244 g/mol. The molecular formula is C13H10ClN3. The first-order valence-electron chi connectivity index (χ1n) is 5.09. The highest BCUT2D eigenvalue weighted by Crippen LogP contribution is 2.20. The molecule has 1 aromatic heterocycles. The molecule has 0 aliphatic rings. The molecule has 2 aromatic rings. The van der Waals surface area contributed by atoms with Gasteiger partial charge in [-0.15, -0.1) is 0 Å². The topological polar surface area (TPSA) is 48.7 Å². The number of hydrogen-bond donors (Lipinski definition) is 1. The van der Waals surface area contributed by atoms with E-state index in [1.54, 1.807) is 18.2 Å². The molecule has 4 heteroatoms. The molecule has 0 saturated heterocycles. The Labute approximate surface area is 105 Å². The molecule has 84 valence electrons. The first-order valence-corrected chi connectivity index (χ1v) is 5.47. The van der Waals surface area contributed by atoms with Gasteiger partial charge in [0.25, 0.3) is 0 Å². The van der Waals surface area contributed by atoms with Gasteiger partial charge in [0, 0.05) is 16.4 Å². The van der Waals surface area contributed by atoms with E-state index < -0.39 is 0 Å². The number of pyridine rings is 1. The predicted octanol–water partition coefficient (Wildman–Crippen LogP) is 3.66. The summed E-state index contributed by atoms with van der Waals surface area (Å²) < 4.78 is 0. The van der Waals surface area contributed by atoms with E-state index in [0.717, 1.165) is 11.4 Å². The summed E-state index contributed by atoms with van der Waals surface area (Å²) in [5, 5.41) is 12.8. The molecule has 0 atom stereocenters. The molecule has 1 heterocycles. The molecule has 0 aliphatic carbocycles. The lowest BCUT2D eigenvalue weighted by Crippen LogP contribution is -1.98. The zero-order chi connectivity index (χ0) is 12.3. The quantitative estimate of drug-likeness (QED) is 0.876. The van der Waals surface area contributed by atoms with E-state index in [2.05, 4.69) is 16.4 Å². The van der Waals surface area contributed by atoms with Gasteiger partial charge in [-0.25, -0.2) is 4.98 Å². The molecule has 3 nitrogen and oxygen atoms in total. The number of nitrogens with zero attached hydrogens (tertiary/aromatic N) is 2. The third-order valence-corrected chi connectivity index (χ3v) is 2.51. The number of nitriles is 1. The monoisotopic (exact) mass is 243 g/mol. The summed E-state index contributed by atoms with van der Waals surface area (Å²) in [7, 11) is 0. The third kappa shape index (κ3) is 2.74. The van der Waals surface area contributed by atoms with Crippen molar-refractivity contribution in [3.8, 4) is 6.07 Å². The highest BCUT2D eigenvalue weighted by molar-refractivity contribution is 6.30. The van der Waals surface area contributed by atoms with Crippen LogP contribution in [0.1, 0.15) is 11.3 Å². The minimum atomic E-state index is 0.519. The molecule has 0 unspecified atom stereocenters. The van der Waals surface area contributed by atoms with Crippen LogP contribution < -0.4 is 5.32 Å². The summed E-state index contributed by atoms with van der Waals surface area (Å²) in [6, 6.07) is 12.9. The standard InChI is InChI=1S/C13H10ClN3/c1-9-2-3-10(8-15)13(16-9)17-12-6-4-11(14)5-7-12/h2-7H,1H3,(H,16,17). The molecule has 1 N–H and O–H groups in total. The van der Waals surface area contributed by atoms with Crippen molar-refractivity contribution in [1.82, 2.24) is 4.98 Å². The van der Waals surface area contributed by atoms with Crippen molar-refractivity contribution in [3.63, 3.8) is 0 Å². The fourth-order valence-corrected chi connectivity index (χ4v) is 1.54. The van der Waals surface area contributed by atoms with Gasteiger partial charge < -0.3 is 5.32 Å². The second-order valence-electron chi connectivity index (χ2n) is 3.59. The average Bonchev–Trinajstić information content (AvgIpc) is 2.32. The molecular weight excluding hydrogens is 234 g/mol. The largest absolute Gasteiger partial charge is 0.339 e. The number of aromatic nitrogens is 1. The Morgan fingerprint density at radius 1 is 1.18 bits per heavy atom. The molecule has 1 aromatic carbocycles. The minimum Gasteiger partial charge on any atom is -0.339 e. The third-order valence-electron chi connectivity index (χ3n) is 2.26. The summed E-state index contributed by atoms with van der Waals surface area (Å²) in [4.78, 5) is 4.30. The zero-order valence-electron chi connectivity index (χ0n) is 9.24. The van der Waals surface area contributed by atoms with Gasteiger partial charge in [-0.2, -0.15) is 5.26 Å². The maximum absolute atomic E-state index is 8.98. The molecule has 0 bridgehead atoms. The Morgan fingerprint density at radius 3 is 2.53 bits per heavy atom. The lowest BCUT2D eigenvalue weighted by atomic mass is 10.2. The van der Waals surface area contributed by atoms with Crippen molar-refractivity contribution in [2.24, 2.45) is 0 Å². The molecule has 0 spiro atoms. The van der Waals surface area contributed by atoms with Crippen LogP contribution in [0.3, 0.4) is 0 Å². The van der Waals surface area contributed by atoms with E-state index in [0.29, 0.717) is 16.4 Å². The van der Waals surface area contributed by atoms with Crippen molar-refractivity contribution in [3.05, 3.63) is 52.7 Å². The fourth-order valence-electron chi connectivity index (χ4n) is 1.41. The fraction of sp³-hybridized carbons (Fsp3) is 0.0769. The van der Waals surface area contributed by atoms with Gasteiger partial charge in [0.15, 0.2) is 0 Å². The van der Waals surface area contributed by atoms with Crippen LogP contribution in [-0.4, -0.2) is 4.98 Å². The van der Waals surface area contributed by atoms with Crippen LogP contribution in [-0.2, 0) is 0 Å². The molecule has 0 radical (unpaired) electrons. The van der Waals surface area contributed by atoms with E-state index in [9.17, 15) is 0 Å². The van der Waals surface area contributed by atoms with E-state index in [1.165, 1.54) is 0 Å². The van der Waals surface area contributed by atoms with E-state index in [1.807, 2.05) is 25.1 Å². The van der Waals surface area contributed by atoms with Crippen LogP contribution in [0, 0.1) is 18.3 Å². The molecule has 0 aliphatic heterocycles. The Morgan fingerprint density at radius 2 is 1.88 bits per heavy atom. The number of hydrogen-bond acceptors (Lipinski definition) is 3. The predicted molar refractivity (Wildman–Crippen MR) is 68.4 cm³/mol. The van der Waals surface area contributed by atoms with Crippen LogP contribution >= 0.6 is 11.6 Å². The summed E-state index contributed by atoms with van der Waals surface area (Å²) in [6.45, 7) is 1.88. The normalized spacial score (nSPS) is 9.71. The van der Waals surface area contributed by atoms with E-state index >= 15 is 0 Å². The summed E-state index contributed by atoms with van der Waals surface area (Å²) in [5.74, 6) is 0.565. The second-order valence-corrected chi connectivity index (χ2v) is 4.03. The first-order chi connectivity index (χ1) is 8.19. The number of rotatable bonds is 2. The van der Waals surface area contributed by atoms with E-state index in [4.69, 9.17) is 16.9 Å². The lowest BCUT2D eigenvalue weighted by Gasteiger charge is -2.07. The van der Waals surface area contributed by atoms with Crippen molar-refractivity contribution in [2.75, 3.05) is 5.32 Å². The Hall–Kier alpha value is -2.05. The van der Waals surface area contributed by atoms with Gasteiger partial charge >= 0.3 is 0 Å². The number of anilines is 2. The molecule has 0 amide bonds. The van der Waals surface area contributed by atoms with Gasteiger partial charge in [0.1, 0.15) is 11.9 Å². The van der Waals surface area contributed by atoms with Gasteiger partial charge in [-0.3, -0.25) is 0 Å². The SMILES string of the molecule is Cc1ccc(C#N)c(Nc2ccc(Cl)cc2)n1. The van der Waals surface area contributed by atoms with Crippen LogP contribution in [0.25, 0.3) is 0 Å². The summed E-state index contributed by atoms with van der Waals surface area (Å²) >= 11 is 5.80. The molecule has 17 heavy (non-hydrogen) atoms. The molecule has 2 rings (SSSR count). The Kier molecular flexibility index (Phi) is 3.27. The van der Waals surface area contributed by atoms with Crippen molar-refractivity contribution < 1.29 is 0 Å². The first kappa shape index (κ1) is 11.4. The van der Waals surface area contributed by atoms with Crippen molar-refractivity contribution in [2.45, 2.75) is 6.92 Å². The minimum absolute atomic E-state index is 0.519.